The van der Waals surface area contributed by atoms with Crippen LogP contribution in [0.1, 0.15) is 39.0 Å². The van der Waals surface area contributed by atoms with E-state index in [0.29, 0.717) is 30.8 Å². The number of oxazole rings is 1. The van der Waals surface area contributed by atoms with Gasteiger partial charge in [0.25, 0.3) is 5.91 Å². The largest absolute Gasteiger partial charge is 0.445 e. The van der Waals surface area contributed by atoms with Crippen molar-refractivity contribution in [2.45, 2.75) is 25.8 Å². The molecule has 0 bridgehead atoms. The highest BCUT2D eigenvalue weighted by Gasteiger charge is 2.26. The molecule has 1 amide bonds. The number of carbonyl (C=O) groups is 1. The number of aromatic amines is 1. The Balaban J connectivity index is 1.43. The molecule has 0 unspecified atom stereocenters. The van der Waals surface area contributed by atoms with Crippen LogP contribution in [-0.4, -0.2) is 27.3 Å². The number of nitrogens with zero attached hydrogens (tertiary/aromatic N) is 3. The Hall–Kier alpha value is -3.33. The van der Waals surface area contributed by atoms with Gasteiger partial charge in [0.1, 0.15) is 23.2 Å². The van der Waals surface area contributed by atoms with Crippen LogP contribution in [0.3, 0.4) is 0 Å². The molecule has 1 aliphatic heterocycles. The zero-order chi connectivity index (χ0) is 17.9. The molecule has 0 radical (unpaired) electrons. The first-order valence-corrected chi connectivity index (χ1v) is 8.62. The normalized spacial score (nSPS) is 13.3. The number of rotatable bonds is 4. The molecule has 4 rings (SSSR count). The van der Waals surface area contributed by atoms with E-state index in [9.17, 15) is 4.79 Å². The average Bonchev–Trinajstić information content (AvgIpc) is 3.32. The smallest absolute Gasteiger partial charge is 0.270 e. The zero-order valence-corrected chi connectivity index (χ0v) is 14.2. The van der Waals surface area contributed by atoms with Gasteiger partial charge in [0.2, 0.25) is 0 Å². The number of aromatic nitrogens is 2. The number of benzene rings is 1. The van der Waals surface area contributed by atoms with E-state index in [1.807, 2.05) is 24.3 Å². The van der Waals surface area contributed by atoms with Crippen LogP contribution in [-0.2, 0) is 25.8 Å². The molecule has 6 heteroatoms. The topological polar surface area (TPSA) is 85.9 Å². The maximum absolute atomic E-state index is 12.6. The number of H-pyrrole nitrogens is 1. The molecule has 3 aromatic rings. The van der Waals surface area contributed by atoms with Crippen LogP contribution in [0, 0.1) is 11.3 Å². The second kappa shape index (κ2) is 6.89. The minimum Gasteiger partial charge on any atom is -0.445 e. The van der Waals surface area contributed by atoms with Crippen molar-refractivity contribution in [3.63, 3.8) is 0 Å². The van der Waals surface area contributed by atoms with Gasteiger partial charge in [-0.05, 0) is 18.1 Å². The van der Waals surface area contributed by atoms with Gasteiger partial charge in [-0.3, -0.25) is 4.79 Å². The van der Waals surface area contributed by atoms with Gasteiger partial charge in [-0.15, -0.1) is 0 Å². The highest BCUT2D eigenvalue weighted by atomic mass is 16.4. The van der Waals surface area contributed by atoms with Crippen molar-refractivity contribution < 1.29 is 9.21 Å². The van der Waals surface area contributed by atoms with Gasteiger partial charge in [-0.2, -0.15) is 5.26 Å². The molecule has 0 atom stereocenters. The van der Waals surface area contributed by atoms with Gasteiger partial charge >= 0.3 is 0 Å². The van der Waals surface area contributed by atoms with Gasteiger partial charge in [-0.1, -0.05) is 30.3 Å². The molecule has 0 aliphatic carbocycles. The molecule has 0 saturated heterocycles. The number of aryl methyl sites for hydroxylation is 2. The van der Waals surface area contributed by atoms with Gasteiger partial charge < -0.3 is 14.3 Å². The minimum atomic E-state index is -0.119. The molecule has 130 valence electrons. The lowest BCUT2D eigenvalue weighted by Gasteiger charge is -2.24. The van der Waals surface area contributed by atoms with Crippen LogP contribution >= 0.6 is 0 Å². The van der Waals surface area contributed by atoms with Crippen LogP contribution in [0.25, 0.3) is 0 Å². The summed E-state index contributed by atoms with van der Waals surface area (Å²) in [6.45, 7) is 1.02. The molecule has 1 aromatic carbocycles. The maximum atomic E-state index is 12.6. The van der Waals surface area contributed by atoms with Crippen LogP contribution in [0.5, 0.6) is 0 Å². The van der Waals surface area contributed by atoms with Crippen molar-refractivity contribution in [2.24, 2.45) is 0 Å². The van der Waals surface area contributed by atoms with Crippen molar-refractivity contribution in [3.05, 3.63) is 76.8 Å². The number of amides is 1. The van der Waals surface area contributed by atoms with Crippen molar-refractivity contribution in [1.82, 2.24) is 14.9 Å². The summed E-state index contributed by atoms with van der Waals surface area (Å²) in [5.74, 6) is 1.48. The van der Waals surface area contributed by atoms with E-state index in [0.717, 1.165) is 30.2 Å². The van der Waals surface area contributed by atoms with E-state index < -0.39 is 0 Å². The second-order valence-electron chi connectivity index (χ2n) is 6.35. The molecule has 0 saturated carbocycles. The molecule has 2 aromatic heterocycles. The number of nitrogens with one attached hydrogen (secondary N) is 1. The Labute approximate surface area is 151 Å². The van der Waals surface area contributed by atoms with E-state index >= 15 is 0 Å². The first kappa shape index (κ1) is 16.2. The molecule has 26 heavy (non-hydrogen) atoms. The fraction of sp³-hybridized carbons (Fsp3) is 0.250. The van der Waals surface area contributed by atoms with Gasteiger partial charge in [0.15, 0.2) is 5.89 Å². The summed E-state index contributed by atoms with van der Waals surface area (Å²) < 4.78 is 5.88. The summed E-state index contributed by atoms with van der Waals surface area (Å²) >= 11 is 0. The SMILES string of the molecule is N#Cc1c[nH]c(C(=O)N2CCc3oc(CCc4ccccc4)nc3C2)c1. The summed E-state index contributed by atoms with van der Waals surface area (Å²) in [5, 5.41) is 8.89. The first-order valence-electron chi connectivity index (χ1n) is 8.62. The lowest BCUT2D eigenvalue weighted by Crippen LogP contribution is -2.36. The van der Waals surface area contributed by atoms with Crippen molar-refractivity contribution in [2.75, 3.05) is 6.54 Å². The molecular weight excluding hydrogens is 328 g/mol. The van der Waals surface area contributed by atoms with Crippen molar-refractivity contribution in [3.8, 4) is 6.07 Å². The third-order valence-corrected chi connectivity index (χ3v) is 4.57. The van der Waals surface area contributed by atoms with Crippen molar-refractivity contribution >= 4 is 5.91 Å². The Kier molecular flexibility index (Phi) is 4.28. The van der Waals surface area contributed by atoms with Crippen molar-refractivity contribution in [1.29, 1.82) is 5.26 Å². The first-order chi connectivity index (χ1) is 12.7. The van der Waals surface area contributed by atoms with Gasteiger partial charge in [0, 0.05) is 25.6 Å². The Morgan fingerprint density at radius 2 is 2.15 bits per heavy atom. The number of hydrogen-bond donors (Lipinski definition) is 1. The third-order valence-electron chi connectivity index (χ3n) is 4.57. The Morgan fingerprint density at radius 3 is 2.92 bits per heavy atom. The molecule has 1 aliphatic rings. The highest BCUT2D eigenvalue weighted by Crippen LogP contribution is 2.22. The zero-order valence-electron chi connectivity index (χ0n) is 14.2. The quantitative estimate of drug-likeness (QED) is 0.787. The summed E-state index contributed by atoms with van der Waals surface area (Å²) in [7, 11) is 0. The van der Waals surface area contributed by atoms with Crippen LogP contribution in [0.4, 0.5) is 0 Å². The lowest BCUT2D eigenvalue weighted by molar-refractivity contribution is 0.0722. The standard InChI is InChI=1S/C20H18N4O2/c21-11-15-10-16(22-12-15)20(25)24-9-8-18-17(13-24)23-19(26-18)7-6-14-4-2-1-3-5-14/h1-5,10,12,22H,6-9,13H2. The molecular formula is C20H18N4O2. The minimum absolute atomic E-state index is 0.119. The fourth-order valence-electron chi connectivity index (χ4n) is 3.18. The number of nitriles is 1. The summed E-state index contributed by atoms with van der Waals surface area (Å²) in [6, 6.07) is 13.8. The van der Waals surface area contributed by atoms with Gasteiger partial charge in [-0.25, -0.2) is 4.98 Å². The summed E-state index contributed by atoms with van der Waals surface area (Å²) in [5.41, 5.74) is 2.97. The monoisotopic (exact) mass is 346 g/mol. The average molecular weight is 346 g/mol. The Bertz CT molecular complexity index is 965. The van der Waals surface area contributed by atoms with E-state index in [-0.39, 0.29) is 5.91 Å². The van der Waals surface area contributed by atoms with E-state index in [1.54, 1.807) is 17.2 Å². The molecule has 0 spiro atoms. The molecule has 1 N–H and O–H groups in total. The van der Waals surface area contributed by atoms with E-state index in [4.69, 9.17) is 9.68 Å². The van der Waals surface area contributed by atoms with E-state index in [1.165, 1.54) is 5.56 Å². The van der Waals surface area contributed by atoms with Crippen LogP contribution in [0.15, 0.2) is 47.0 Å². The second-order valence-corrected chi connectivity index (χ2v) is 6.35. The van der Waals surface area contributed by atoms with Crippen LogP contribution < -0.4 is 0 Å². The van der Waals surface area contributed by atoms with Crippen LogP contribution in [0.2, 0.25) is 0 Å². The summed E-state index contributed by atoms with van der Waals surface area (Å²) in [4.78, 5) is 21.8. The highest BCUT2D eigenvalue weighted by molar-refractivity contribution is 5.93. The number of fused-ring (bicyclic) bond motifs is 1. The maximum Gasteiger partial charge on any atom is 0.270 e. The lowest BCUT2D eigenvalue weighted by atomic mass is 10.1. The predicted molar refractivity (Wildman–Crippen MR) is 94.3 cm³/mol. The summed E-state index contributed by atoms with van der Waals surface area (Å²) in [6.07, 6.45) is 3.82. The predicted octanol–water partition coefficient (Wildman–Crippen LogP) is 2.86. The molecule has 6 nitrogen and oxygen atoms in total. The van der Waals surface area contributed by atoms with Gasteiger partial charge in [0.05, 0.1) is 12.1 Å². The number of carbonyl (C=O) groups excluding carboxylic acids is 1. The fourth-order valence-corrected chi connectivity index (χ4v) is 3.18. The Morgan fingerprint density at radius 1 is 1.31 bits per heavy atom. The van der Waals surface area contributed by atoms with E-state index in [2.05, 4.69) is 22.1 Å². The third kappa shape index (κ3) is 3.24. The number of hydrogen-bond acceptors (Lipinski definition) is 4. The molecule has 0 fully saturated rings. The molecule has 3 heterocycles.